The Morgan fingerprint density at radius 1 is 1.28 bits per heavy atom. The third kappa shape index (κ3) is 6.19. The van der Waals surface area contributed by atoms with Crippen LogP contribution in [0.3, 0.4) is 0 Å². The summed E-state index contributed by atoms with van der Waals surface area (Å²) in [6, 6.07) is 5.59. The maximum atomic E-state index is 12.0. The Balaban J connectivity index is 1.68. The number of anilines is 1. The zero-order chi connectivity index (χ0) is 20.8. The lowest BCUT2D eigenvalue weighted by Crippen LogP contribution is -2.44. The van der Waals surface area contributed by atoms with Gasteiger partial charge in [-0.25, -0.2) is 9.97 Å². The third-order valence-corrected chi connectivity index (χ3v) is 5.38. The minimum atomic E-state index is -0.202. The first-order valence-electron chi connectivity index (χ1n) is 9.77. The molecule has 0 saturated carbocycles. The van der Waals surface area contributed by atoms with Crippen LogP contribution in [0.15, 0.2) is 27.8 Å². The van der Waals surface area contributed by atoms with Crippen molar-refractivity contribution in [2.45, 2.75) is 37.4 Å². The molecule has 9 heteroatoms. The van der Waals surface area contributed by atoms with Crippen molar-refractivity contribution in [1.29, 1.82) is 0 Å². The van der Waals surface area contributed by atoms with E-state index in [-0.39, 0.29) is 11.9 Å². The lowest BCUT2D eigenvalue weighted by atomic mass is 10.3. The molecule has 0 spiro atoms. The van der Waals surface area contributed by atoms with Crippen LogP contribution in [0.5, 0.6) is 0 Å². The normalized spacial score (nSPS) is 15.1. The summed E-state index contributed by atoms with van der Waals surface area (Å²) in [5.41, 5.74) is 0.857. The highest BCUT2D eigenvalue weighted by molar-refractivity contribution is 7.98. The molecule has 158 valence electrons. The molecule has 0 aromatic carbocycles. The molecule has 1 fully saturated rings. The van der Waals surface area contributed by atoms with Gasteiger partial charge in [0, 0.05) is 45.4 Å². The minimum absolute atomic E-state index is 0.0651. The quantitative estimate of drug-likeness (QED) is 0.516. The number of nitrogens with zero attached hydrogens (tertiary/aromatic N) is 4. The van der Waals surface area contributed by atoms with E-state index in [4.69, 9.17) is 14.1 Å². The summed E-state index contributed by atoms with van der Waals surface area (Å²) in [5.74, 6) is 2.31. The van der Waals surface area contributed by atoms with Crippen molar-refractivity contribution >= 4 is 23.5 Å². The molecule has 3 rings (SSSR count). The predicted molar refractivity (Wildman–Crippen MR) is 113 cm³/mol. The first kappa shape index (κ1) is 21.6. The van der Waals surface area contributed by atoms with Crippen molar-refractivity contribution in [3.63, 3.8) is 0 Å². The number of hydrogen-bond donors (Lipinski definition) is 1. The van der Waals surface area contributed by atoms with Gasteiger partial charge in [0.2, 0.25) is 0 Å². The van der Waals surface area contributed by atoms with Crippen molar-refractivity contribution in [1.82, 2.24) is 20.2 Å². The van der Waals surface area contributed by atoms with Crippen molar-refractivity contribution in [2.75, 3.05) is 45.2 Å². The van der Waals surface area contributed by atoms with E-state index in [0.29, 0.717) is 29.0 Å². The highest BCUT2D eigenvalue weighted by Gasteiger charge is 2.18. The predicted octanol–water partition coefficient (Wildman–Crippen LogP) is 2.40. The van der Waals surface area contributed by atoms with Crippen LogP contribution in [0.1, 0.15) is 35.9 Å². The SMILES string of the molecule is COCc1cc(N2CCN(C)CC2)nc(SCc2ccc(C(=O)NC(C)C)o2)n1. The Kier molecular flexibility index (Phi) is 7.51. The molecule has 29 heavy (non-hydrogen) atoms. The number of methoxy groups -OCH3 is 1. The number of piperazine rings is 1. The summed E-state index contributed by atoms with van der Waals surface area (Å²) in [4.78, 5) is 26.0. The van der Waals surface area contributed by atoms with Gasteiger partial charge in [0.25, 0.3) is 5.91 Å². The van der Waals surface area contributed by atoms with E-state index in [1.54, 1.807) is 13.2 Å². The second-order valence-corrected chi connectivity index (χ2v) is 8.35. The van der Waals surface area contributed by atoms with Crippen LogP contribution in [0.4, 0.5) is 5.82 Å². The summed E-state index contributed by atoms with van der Waals surface area (Å²) < 4.78 is 11.0. The molecule has 3 heterocycles. The first-order chi connectivity index (χ1) is 13.9. The Hall–Kier alpha value is -2.10. The maximum Gasteiger partial charge on any atom is 0.287 e. The Morgan fingerprint density at radius 2 is 2.03 bits per heavy atom. The fraction of sp³-hybridized carbons (Fsp3) is 0.550. The molecule has 1 saturated heterocycles. The molecule has 8 nitrogen and oxygen atoms in total. The van der Waals surface area contributed by atoms with Crippen molar-refractivity contribution in [2.24, 2.45) is 0 Å². The number of carbonyl (C=O) groups is 1. The van der Waals surface area contributed by atoms with Gasteiger partial charge in [0.05, 0.1) is 18.1 Å². The van der Waals surface area contributed by atoms with E-state index in [1.807, 2.05) is 26.0 Å². The topological polar surface area (TPSA) is 83.7 Å². The fourth-order valence-corrected chi connectivity index (χ4v) is 3.76. The molecule has 1 aliphatic rings. The number of hydrogen-bond acceptors (Lipinski definition) is 8. The van der Waals surface area contributed by atoms with Crippen molar-refractivity contribution in [3.05, 3.63) is 35.4 Å². The number of thioether (sulfide) groups is 1. The van der Waals surface area contributed by atoms with Crippen molar-refractivity contribution < 1.29 is 13.9 Å². The average molecular weight is 420 g/mol. The minimum Gasteiger partial charge on any atom is -0.455 e. The largest absolute Gasteiger partial charge is 0.455 e. The molecule has 2 aromatic heterocycles. The molecule has 0 aliphatic carbocycles. The number of amides is 1. The number of furan rings is 1. The molecule has 0 unspecified atom stereocenters. The number of aromatic nitrogens is 2. The van der Waals surface area contributed by atoms with Gasteiger partial charge >= 0.3 is 0 Å². The molecular weight excluding hydrogens is 390 g/mol. The molecule has 1 aliphatic heterocycles. The number of rotatable bonds is 8. The summed E-state index contributed by atoms with van der Waals surface area (Å²) in [6.45, 7) is 8.18. The third-order valence-electron chi connectivity index (χ3n) is 4.51. The standard InChI is InChI=1S/C20H29N5O3S/c1-14(2)21-19(26)17-6-5-16(28-17)13-29-20-22-15(12-27-4)11-18(23-20)25-9-7-24(3)8-10-25/h5-6,11,14H,7-10,12-13H2,1-4H3,(H,21,26). The lowest BCUT2D eigenvalue weighted by Gasteiger charge is -2.33. The first-order valence-corrected chi connectivity index (χ1v) is 10.8. The summed E-state index contributed by atoms with van der Waals surface area (Å²) in [5, 5.41) is 3.51. The molecule has 1 N–H and O–H groups in total. The van der Waals surface area contributed by atoms with Gasteiger partial charge in [-0.3, -0.25) is 4.79 Å². The number of ether oxygens (including phenoxy) is 1. The highest BCUT2D eigenvalue weighted by atomic mass is 32.2. The van der Waals surface area contributed by atoms with Gasteiger partial charge in [0.15, 0.2) is 10.9 Å². The van der Waals surface area contributed by atoms with Crippen LogP contribution < -0.4 is 10.2 Å². The lowest BCUT2D eigenvalue weighted by molar-refractivity contribution is 0.0913. The average Bonchev–Trinajstić information content (AvgIpc) is 3.16. The number of carbonyl (C=O) groups excluding carboxylic acids is 1. The van der Waals surface area contributed by atoms with E-state index < -0.39 is 0 Å². The van der Waals surface area contributed by atoms with Gasteiger partial charge in [-0.05, 0) is 33.0 Å². The van der Waals surface area contributed by atoms with Crippen LogP contribution in [0.25, 0.3) is 0 Å². The molecular formula is C20H29N5O3S. The van der Waals surface area contributed by atoms with Gasteiger partial charge < -0.3 is 24.3 Å². The molecule has 2 aromatic rings. The van der Waals surface area contributed by atoms with Crippen LogP contribution in [0, 0.1) is 0 Å². The maximum absolute atomic E-state index is 12.0. The Bertz CT molecular complexity index is 818. The second-order valence-electron chi connectivity index (χ2n) is 7.41. The summed E-state index contributed by atoms with van der Waals surface area (Å²) in [6.07, 6.45) is 0. The molecule has 0 atom stereocenters. The zero-order valence-corrected chi connectivity index (χ0v) is 18.3. The van der Waals surface area contributed by atoms with Crippen LogP contribution in [-0.2, 0) is 17.1 Å². The van der Waals surface area contributed by atoms with Gasteiger partial charge in [-0.2, -0.15) is 0 Å². The van der Waals surface area contributed by atoms with E-state index in [2.05, 4.69) is 27.1 Å². The second kappa shape index (κ2) is 10.1. The van der Waals surface area contributed by atoms with Gasteiger partial charge in [0.1, 0.15) is 11.6 Å². The van der Waals surface area contributed by atoms with Crippen LogP contribution >= 0.6 is 11.8 Å². The van der Waals surface area contributed by atoms with E-state index >= 15 is 0 Å². The van der Waals surface area contributed by atoms with E-state index in [0.717, 1.165) is 37.7 Å². The Morgan fingerprint density at radius 3 is 2.72 bits per heavy atom. The highest BCUT2D eigenvalue weighted by Crippen LogP contribution is 2.24. The smallest absolute Gasteiger partial charge is 0.287 e. The molecule has 0 bridgehead atoms. The Labute approximate surface area is 176 Å². The van der Waals surface area contributed by atoms with E-state index in [9.17, 15) is 4.79 Å². The van der Waals surface area contributed by atoms with Crippen molar-refractivity contribution in [3.8, 4) is 0 Å². The van der Waals surface area contributed by atoms with E-state index in [1.165, 1.54) is 11.8 Å². The number of likely N-dealkylation sites (N-methyl/N-ethyl adjacent to an activating group) is 1. The van der Waals surface area contributed by atoms with Gasteiger partial charge in [-0.1, -0.05) is 11.8 Å². The summed E-state index contributed by atoms with van der Waals surface area (Å²) in [7, 11) is 3.80. The molecule has 0 radical (unpaired) electrons. The number of nitrogens with one attached hydrogen (secondary N) is 1. The summed E-state index contributed by atoms with van der Waals surface area (Å²) >= 11 is 1.49. The molecule has 1 amide bonds. The van der Waals surface area contributed by atoms with Gasteiger partial charge in [-0.15, -0.1) is 0 Å². The zero-order valence-electron chi connectivity index (χ0n) is 17.5. The van der Waals surface area contributed by atoms with Crippen LogP contribution in [0.2, 0.25) is 0 Å². The monoisotopic (exact) mass is 419 g/mol. The van der Waals surface area contributed by atoms with Crippen LogP contribution in [-0.4, -0.2) is 67.2 Å². The fourth-order valence-electron chi connectivity index (χ4n) is 2.99.